The highest BCUT2D eigenvalue weighted by Crippen LogP contribution is 2.49. The number of nitrogens with one attached hydrogen (secondary N) is 1. The molecule has 0 saturated carbocycles. The molecular formula is C32H52N4OSi. The summed E-state index contributed by atoms with van der Waals surface area (Å²) in [6.45, 7) is 22.2. The van der Waals surface area contributed by atoms with E-state index < -0.39 is 8.24 Å². The highest BCUT2D eigenvalue weighted by molar-refractivity contribution is 6.82. The zero-order valence-corrected chi connectivity index (χ0v) is 26.3. The van der Waals surface area contributed by atoms with Crippen molar-refractivity contribution in [2.24, 2.45) is 5.92 Å². The maximum Gasteiger partial charge on any atom is 0.224 e. The predicted octanol–water partition coefficient (Wildman–Crippen LogP) is 6.25. The van der Waals surface area contributed by atoms with E-state index in [1.807, 2.05) is 6.08 Å². The van der Waals surface area contributed by atoms with E-state index in [9.17, 15) is 4.79 Å². The number of carbonyl (C=O) groups is 1. The van der Waals surface area contributed by atoms with Gasteiger partial charge in [-0.15, -0.1) is 6.58 Å². The highest BCUT2D eigenvalue weighted by Gasteiger charge is 2.48. The van der Waals surface area contributed by atoms with Gasteiger partial charge >= 0.3 is 0 Å². The summed E-state index contributed by atoms with van der Waals surface area (Å²) in [5, 5.41) is 4.74. The Morgan fingerprint density at radius 3 is 2.45 bits per heavy atom. The second kappa shape index (κ2) is 11.7. The minimum Gasteiger partial charge on any atom is -0.373 e. The van der Waals surface area contributed by atoms with Gasteiger partial charge in [-0.25, -0.2) is 0 Å². The van der Waals surface area contributed by atoms with Crippen molar-refractivity contribution in [3.8, 4) is 0 Å². The van der Waals surface area contributed by atoms with Crippen molar-refractivity contribution in [3.05, 3.63) is 48.2 Å². The van der Waals surface area contributed by atoms with Gasteiger partial charge in [0.25, 0.3) is 0 Å². The second-order valence-electron chi connectivity index (χ2n) is 13.1. The second-order valence-corrected chi connectivity index (χ2v) is 18.8. The molecule has 1 aromatic heterocycles. The third-order valence-corrected chi connectivity index (χ3v) is 16.5. The molecule has 1 aromatic carbocycles. The van der Waals surface area contributed by atoms with E-state index in [-0.39, 0.29) is 11.8 Å². The average Bonchev–Trinajstić information content (AvgIpc) is 3.21. The zero-order valence-electron chi connectivity index (χ0n) is 25.3. The number of likely N-dealkylation sites (tertiary alicyclic amines) is 1. The molecule has 6 heteroatoms. The van der Waals surface area contributed by atoms with Crippen LogP contribution in [0.2, 0.25) is 16.6 Å². The molecule has 1 N–H and O–H groups in total. The van der Waals surface area contributed by atoms with Gasteiger partial charge in [-0.3, -0.25) is 9.69 Å². The fraction of sp³-hybridized carbons (Fsp3) is 0.656. The van der Waals surface area contributed by atoms with E-state index in [2.05, 4.69) is 106 Å². The quantitative estimate of drug-likeness (QED) is 0.210. The first-order chi connectivity index (χ1) is 18.0. The lowest BCUT2D eigenvalue weighted by atomic mass is 9.72. The molecule has 1 saturated heterocycles. The maximum atomic E-state index is 13.3. The Bertz CT molecular complexity index is 1110. The van der Waals surface area contributed by atoms with Crippen molar-refractivity contribution in [2.75, 3.05) is 40.3 Å². The first kappa shape index (κ1) is 29.1. The van der Waals surface area contributed by atoms with E-state index in [4.69, 9.17) is 0 Å². The molecule has 0 spiro atoms. The van der Waals surface area contributed by atoms with Gasteiger partial charge in [0.15, 0.2) is 8.24 Å². The van der Waals surface area contributed by atoms with Crippen LogP contribution in [0.15, 0.2) is 37.1 Å². The number of rotatable bonds is 11. The van der Waals surface area contributed by atoms with Crippen molar-refractivity contribution >= 4 is 25.0 Å². The largest absolute Gasteiger partial charge is 0.373 e. The molecule has 4 rings (SSSR count). The number of benzene rings is 1. The number of piperidine rings is 1. The van der Waals surface area contributed by atoms with Gasteiger partial charge in [-0.2, -0.15) is 0 Å². The molecular weight excluding hydrogens is 484 g/mol. The van der Waals surface area contributed by atoms with Crippen LogP contribution in [0.3, 0.4) is 0 Å². The number of nitrogens with zero attached hydrogens (tertiary/aromatic N) is 3. The predicted molar refractivity (Wildman–Crippen MR) is 165 cm³/mol. The molecule has 5 nitrogen and oxygen atoms in total. The van der Waals surface area contributed by atoms with Gasteiger partial charge in [0.2, 0.25) is 5.91 Å². The molecule has 1 fully saturated rings. The summed E-state index contributed by atoms with van der Waals surface area (Å²) in [5.74, 6) is 0.615. The van der Waals surface area contributed by atoms with Crippen molar-refractivity contribution in [1.82, 2.24) is 19.3 Å². The molecule has 0 radical (unpaired) electrons. The Morgan fingerprint density at radius 1 is 1.16 bits per heavy atom. The minimum absolute atomic E-state index is 0.0184. The van der Waals surface area contributed by atoms with E-state index in [0.717, 1.165) is 45.4 Å². The first-order valence-electron chi connectivity index (χ1n) is 14.9. The van der Waals surface area contributed by atoms with Gasteiger partial charge in [0.1, 0.15) is 0 Å². The van der Waals surface area contributed by atoms with Crippen molar-refractivity contribution < 1.29 is 4.79 Å². The van der Waals surface area contributed by atoms with Crippen LogP contribution < -0.4 is 5.32 Å². The Balaban J connectivity index is 1.73. The van der Waals surface area contributed by atoms with Crippen LogP contribution >= 0.6 is 0 Å². The molecule has 38 heavy (non-hydrogen) atoms. The standard InChI is InChI=1S/C32H52N4OSi/c1-10-16-35-20-26(32(37)33-15-12-17-34(8)9)18-28-27-13-11-14-29-31(27)25(19-30(28)35)21-36(29)38(22(2)3,23(4)5)24(6)7/h10-11,13-14,21-24,26,28,30H,1,12,15-20H2,2-9H3,(H,33,37)/t26-,28-,30-/m1/s1. The van der Waals surface area contributed by atoms with Crippen molar-refractivity contribution in [3.63, 3.8) is 0 Å². The lowest BCUT2D eigenvalue weighted by molar-refractivity contribution is -0.127. The number of carbonyl (C=O) groups excluding carboxylic acids is 1. The fourth-order valence-corrected chi connectivity index (χ4v) is 15.0. The van der Waals surface area contributed by atoms with Crippen LogP contribution in [-0.4, -0.2) is 74.5 Å². The third kappa shape index (κ3) is 5.04. The van der Waals surface area contributed by atoms with Crippen molar-refractivity contribution in [1.29, 1.82) is 0 Å². The number of hydrogen-bond acceptors (Lipinski definition) is 3. The molecule has 0 unspecified atom stereocenters. The van der Waals surface area contributed by atoms with E-state index >= 15 is 0 Å². The summed E-state index contributed by atoms with van der Waals surface area (Å²) >= 11 is 0. The zero-order chi connectivity index (χ0) is 27.8. The van der Waals surface area contributed by atoms with Crippen LogP contribution in [0, 0.1) is 5.92 Å². The summed E-state index contributed by atoms with van der Waals surface area (Å²) in [6.07, 6.45) is 7.56. The molecule has 3 atom stereocenters. The van der Waals surface area contributed by atoms with Gasteiger partial charge in [0, 0.05) is 42.5 Å². The fourth-order valence-electron chi connectivity index (χ4n) is 8.38. The van der Waals surface area contributed by atoms with Gasteiger partial charge in [-0.1, -0.05) is 59.8 Å². The summed E-state index contributed by atoms with van der Waals surface area (Å²) < 4.78 is 2.80. The van der Waals surface area contributed by atoms with Crippen LogP contribution in [0.5, 0.6) is 0 Å². The topological polar surface area (TPSA) is 40.5 Å². The maximum absolute atomic E-state index is 13.3. The van der Waals surface area contributed by atoms with E-state index in [1.54, 1.807) is 0 Å². The van der Waals surface area contributed by atoms with Gasteiger partial charge < -0.3 is 14.4 Å². The molecule has 210 valence electrons. The number of amides is 1. The summed E-state index contributed by atoms with van der Waals surface area (Å²) in [5.41, 5.74) is 6.35. The highest BCUT2D eigenvalue weighted by atomic mass is 28.3. The smallest absolute Gasteiger partial charge is 0.224 e. The molecule has 2 aliphatic rings. The molecule has 1 amide bonds. The Hall–Kier alpha value is -1.89. The summed E-state index contributed by atoms with van der Waals surface area (Å²) in [7, 11) is 2.28. The van der Waals surface area contributed by atoms with E-state index in [1.165, 1.54) is 22.0 Å². The number of hydrogen-bond donors (Lipinski definition) is 1. The molecule has 0 bridgehead atoms. The Kier molecular flexibility index (Phi) is 8.95. The first-order valence-corrected chi connectivity index (χ1v) is 17.1. The SMILES string of the molecule is C=CCN1C[C@H](C(=O)NCCCN(C)C)C[C@@H]2c3cccc4c3c(cn4[Si](C(C)C)(C(C)C)C(C)C)C[C@H]21. The Labute approximate surface area is 232 Å². The summed E-state index contributed by atoms with van der Waals surface area (Å²) in [6, 6.07) is 7.44. The monoisotopic (exact) mass is 536 g/mol. The molecule has 1 aliphatic carbocycles. The van der Waals surface area contributed by atoms with Crippen molar-refractivity contribution in [2.45, 2.75) is 89.4 Å². The lowest BCUT2D eigenvalue weighted by Crippen LogP contribution is -2.53. The molecule has 2 aromatic rings. The van der Waals surface area contributed by atoms with Crippen LogP contribution in [0.1, 0.15) is 71.4 Å². The minimum atomic E-state index is -1.88. The molecule has 2 heterocycles. The van der Waals surface area contributed by atoms with Crippen LogP contribution in [0.25, 0.3) is 10.9 Å². The molecule has 1 aliphatic heterocycles. The number of aromatic nitrogens is 1. The van der Waals surface area contributed by atoms with Gasteiger partial charge in [-0.05, 0) is 79.9 Å². The van der Waals surface area contributed by atoms with Gasteiger partial charge in [0.05, 0.1) is 5.92 Å². The summed E-state index contributed by atoms with van der Waals surface area (Å²) in [4.78, 5) is 18.1. The van der Waals surface area contributed by atoms with Crippen LogP contribution in [-0.2, 0) is 11.2 Å². The third-order valence-electron chi connectivity index (χ3n) is 9.70. The normalized spacial score (nSPS) is 22.1. The number of fused-ring (bicyclic) bond motifs is 2. The van der Waals surface area contributed by atoms with E-state index in [0.29, 0.717) is 28.6 Å². The lowest BCUT2D eigenvalue weighted by Gasteiger charge is -2.46. The average molecular weight is 537 g/mol. The van der Waals surface area contributed by atoms with Crippen LogP contribution in [0.4, 0.5) is 0 Å². The Morgan fingerprint density at radius 2 is 1.84 bits per heavy atom.